The van der Waals surface area contributed by atoms with E-state index in [1.54, 1.807) is 4.90 Å². The van der Waals surface area contributed by atoms with E-state index in [0.717, 1.165) is 18.7 Å². The molecule has 19 heavy (non-hydrogen) atoms. The average Bonchev–Trinajstić information content (AvgIpc) is 2.46. The maximum absolute atomic E-state index is 12.2. The third-order valence-corrected chi connectivity index (χ3v) is 4.45. The molecule has 1 aliphatic rings. The molecule has 0 unspecified atom stereocenters. The van der Waals surface area contributed by atoms with E-state index in [4.69, 9.17) is 0 Å². The lowest BCUT2D eigenvalue weighted by Gasteiger charge is -2.26. The van der Waals surface area contributed by atoms with Crippen molar-refractivity contribution in [3.05, 3.63) is 29.8 Å². The fraction of sp³-hybridized carbons (Fsp3) is 0.500. The Labute approximate surface area is 116 Å². The number of anilines is 1. The zero-order valence-corrected chi connectivity index (χ0v) is 12.0. The molecule has 1 amide bonds. The summed E-state index contributed by atoms with van der Waals surface area (Å²) in [5, 5.41) is 3.28. The first-order valence-corrected chi connectivity index (χ1v) is 8.17. The maximum atomic E-state index is 12.2. The average molecular weight is 280 g/mol. The summed E-state index contributed by atoms with van der Waals surface area (Å²) >= 11 is 0. The topological polar surface area (TPSA) is 49.4 Å². The molecule has 4 nitrogen and oxygen atoms in total. The highest BCUT2D eigenvalue weighted by molar-refractivity contribution is 7.85. The van der Waals surface area contributed by atoms with Crippen molar-refractivity contribution >= 4 is 22.4 Å². The standard InChI is InChI=1S/C14H20N2O2S/c1-2-7-15-13-5-3-12(4-6-13)14(17)16-8-10-19(18)11-9-16/h3-6,15H,2,7-11H2,1H3. The third kappa shape index (κ3) is 3.80. The van der Waals surface area contributed by atoms with Crippen molar-refractivity contribution in [1.82, 2.24) is 4.90 Å². The predicted molar refractivity (Wildman–Crippen MR) is 79.0 cm³/mol. The summed E-state index contributed by atoms with van der Waals surface area (Å²) in [5.41, 5.74) is 1.74. The van der Waals surface area contributed by atoms with Crippen LogP contribution in [0, 0.1) is 0 Å². The molecule has 0 spiro atoms. The van der Waals surface area contributed by atoms with Gasteiger partial charge >= 0.3 is 0 Å². The van der Waals surface area contributed by atoms with Crippen LogP contribution >= 0.6 is 0 Å². The van der Waals surface area contributed by atoms with Gasteiger partial charge in [0.15, 0.2) is 0 Å². The summed E-state index contributed by atoms with van der Waals surface area (Å²) in [6, 6.07) is 7.58. The first-order chi connectivity index (χ1) is 9.20. The predicted octanol–water partition coefficient (Wildman–Crippen LogP) is 1.71. The highest BCUT2D eigenvalue weighted by atomic mass is 32.2. The summed E-state index contributed by atoms with van der Waals surface area (Å²) < 4.78 is 11.3. The Bertz CT molecular complexity index is 449. The van der Waals surface area contributed by atoms with Gasteiger partial charge in [-0.2, -0.15) is 0 Å². The van der Waals surface area contributed by atoms with Gasteiger partial charge in [0.2, 0.25) is 0 Å². The van der Waals surface area contributed by atoms with Crippen LogP contribution in [0.15, 0.2) is 24.3 Å². The SMILES string of the molecule is CCCNc1ccc(C(=O)N2CCS(=O)CC2)cc1. The summed E-state index contributed by atoms with van der Waals surface area (Å²) in [6.07, 6.45) is 1.07. The van der Waals surface area contributed by atoms with Crippen molar-refractivity contribution < 1.29 is 9.00 Å². The lowest BCUT2D eigenvalue weighted by Crippen LogP contribution is -2.41. The van der Waals surface area contributed by atoms with Crippen LogP contribution in [0.5, 0.6) is 0 Å². The van der Waals surface area contributed by atoms with Crippen molar-refractivity contribution in [3.63, 3.8) is 0 Å². The van der Waals surface area contributed by atoms with Gasteiger partial charge in [0.1, 0.15) is 0 Å². The lowest BCUT2D eigenvalue weighted by atomic mass is 10.1. The molecule has 0 radical (unpaired) electrons. The molecule has 1 heterocycles. The van der Waals surface area contributed by atoms with Gasteiger partial charge in [0.25, 0.3) is 5.91 Å². The number of benzene rings is 1. The van der Waals surface area contributed by atoms with Crippen molar-refractivity contribution in [2.24, 2.45) is 0 Å². The van der Waals surface area contributed by atoms with Gasteiger partial charge in [-0.25, -0.2) is 0 Å². The minimum absolute atomic E-state index is 0.0405. The van der Waals surface area contributed by atoms with Crippen molar-refractivity contribution in [1.29, 1.82) is 0 Å². The van der Waals surface area contributed by atoms with Gasteiger partial charge in [0, 0.05) is 53.2 Å². The van der Waals surface area contributed by atoms with Crippen LogP contribution in [0.3, 0.4) is 0 Å². The second kappa shape index (κ2) is 6.70. The van der Waals surface area contributed by atoms with Gasteiger partial charge in [0.05, 0.1) is 0 Å². The van der Waals surface area contributed by atoms with Gasteiger partial charge in [-0.3, -0.25) is 9.00 Å². The van der Waals surface area contributed by atoms with E-state index in [1.165, 1.54) is 0 Å². The second-order valence-corrected chi connectivity index (χ2v) is 6.34. The van der Waals surface area contributed by atoms with Crippen molar-refractivity contribution in [2.45, 2.75) is 13.3 Å². The van der Waals surface area contributed by atoms with Gasteiger partial charge in [-0.1, -0.05) is 6.92 Å². The van der Waals surface area contributed by atoms with Crippen LogP contribution in [0.25, 0.3) is 0 Å². The minimum atomic E-state index is -0.745. The van der Waals surface area contributed by atoms with Gasteiger partial charge in [-0.15, -0.1) is 0 Å². The summed E-state index contributed by atoms with van der Waals surface area (Å²) in [6.45, 7) is 4.25. The molecule has 5 heteroatoms. The Morgan fingerprint density at radius 1 is 1.26 bits per heavy atom. The molecular formula is C14H20N2O2S. The molecule has 1 N–H and O–H groups in total. The van der Waals surface area contributed by atoms with E-state index < -0.39 is 10.8 Å². The lowest BCUT2D eigenvalue weighted by molar-refractivity contribution is 0.0771. The first kappa shape index (κ1) is 14.1. The van der Waals surface area contributed by atoms with E-state index in [0.29, 0.717) is 30.2 Å². The minimum Gasteiger partial charge on any atom is -0.385 e. The van der Waals surface area contributed by atoms with Crippen molar-refractivity contribution in [3.8, 4) is 0 Å². The maximum Gasteiger partial charge on any atom is 0.253 e. The molecule has 0 saturated carbocycles. The molecule has 2 rings (SSSR count). The van der Waals surface area contributed by atoms with Crippen molar-refractivity contribution in [2.75, 3.05) is 36.5 Å². The van der Waals surface area contributed by atoms with Crippen LogP contribution in [0.2, 0.25) is 0 Å². The number of carbonyl (C=O) groups is 1. The van der Waals surface area contributed by atoms with Crippen LogP contribution < -0.4 is 5.32 Å². The number of nitrogens with one attached hydrogen (secondary N) is 1. The number of rotatable bonds is 4. The Hall–Kier alpha value is -1.36. The van der Waals surface area contributed by atoms with Crippen LogP contribution in [-0.2, 0) is 10.8 Å². The molecule has 1 aromatic carbocycles. The first-order valence-electron chi connectivity index (χ1n) is 6.69. The van der Waals surface area contributed by atoms with Crippen LogP contribution in [0.4, 0.5) is 5.69 Å². The highest BCUT2D eigenvalue weighted by Gasteiger charge is 2.20. The highest BCUT2D eigenvalue weighted by Crippen LogP contribution is 2.13. The monoisotopic (exact) mass is 280 g/mol. The molecule has 1 aliphatic heterocycles. The van der Waals surface area contributed by atoms with E-state index in [9.17, 15) is 9.00 Å². The Morgan fingerprint density at radius 3 is 2.47 bits per heavy atom. The summed E-state index contributed by atoms with van der Waals surface area (Å²) in [5.74, 6) is 1.24. The molecular weight excluding hydrogens is 260 g/mol. The molecule has 1 aromatic rings. The molecule has 0 aliphatic carbocycles. The number of nitrogens with zero attached hydrogens (tertiary/aromatic N) is 1. The third-order valence-electron chi connectivity index (χ3n) is 3.18. The Morgan fingerprint density at radius 2 is 1.89 bits per heavy atom. The normalized spacial score (nSPS) is 16.4. The Balaban J connectivity index is 1.97. The zero-order chi connectivity index (χ0) is 13.7. The molecule has 1 saturated heterocycles. The van der Waals surface area contributed by atoms with E-state index >= 15 is 0 Å². The Kier molecular flexibility index (Phi) is 4.96. The molecule has 0 bridgehead atoms. The van der Waals surface area contributed by atoms with E-state index in [2.05, 4.69) is 12.2 Å². The number of hydrogen-bond donors (Lipinski definition) is 1. The largest absolute Gasteiger partial charge is 0.385 e. The van der Waals surface area contributed by atoms with Crippen LogP contribution in [0.1, 0.15) is 23.7 Å². The summed E-state index contributed by atoms with van der Waals surface area (Å²) in [4.78, 5) is 14.0. The summed E-state index contributed by atoms with van der Waals surface area (Å²) in [7, 11) is -0.745. The number of amides is 1. The van der Waals surface area contributed by atoms with E-state index in [-0.39, 0.29) is 5.91 Å². The molecule has 1 fully saturated rings. The zero-order valence-electron chi connectivity index (χ0n) is 11.2. The fourth-order valence-electron chi connectivity index (χ4n) is 2.02. The van der Waals surface area contributed by atoms with Gasteiger partial charge in [-0.05, 0) is 30.7 Å². The quantitative estimate of drug-likeness (QED) is 0.913. The fourth-order valence-corrected chi connectivity index (χ4v) is 3.08. The molecule has 104 valence electrons. The molecule has 0 atom stereocenters. The second-order valence-electron chi connectivity index (χ2n) is 4.64. The van der Waals surface area contributed by atoms with Crippen LogP contribution in [-0.4, -0.2) is 46.2 Å². The number of hydrogen-bond acceptors (Lipinski definition) is 3. The smallest absolute Gasteiger partial charge is 0.253 e. The number of carbonyl (C=O) groups excluding carboxylic acids is 1. The molecule has 0 aromatic heterocycles. The van der Waals surface area contributed by atoms with E-state index in [1.807, 2.05) is 24.3 Å². The van der Waals surface area contributed by atoms with Gasteiger partial charge < -0.3 is 10.2 Å².